The van der Waals surface area contributed by atoms with Crippen molar-refractivity contribution in [3.05, 3.63) is 51.9 Å². The Hall–Kier alpha value is -2.81. The summed E-state index contributed by atoms with van der Waals surface area (Å²) in [4.78, 5) is 18.3. The molecule has 2 heterocycles. The van der Waals surface area contributed by atoms with Crippen molar-refractivity contribution >= 4 is 5.82 Å². The number of hydrogen-bond acceptors (Lipinski definition) is 5. The molecule has 0 spiro atoms. The van der Waals surface area contributed by atoms with Crippen molar-refractivity contribution in [3.8, 4) is 11.9 Å². The van der Waals surface area contributed by atoms with E-state index in [0.717, 1.165) is 17.9 Å². The van der Waals surface area contributed by atoms with Gasteiger partial charge in [0.1, 0.15) is 12.4 Å². The van der Waals surface area contributed by atoms with Crippen LogP contribution in [0, 0.1) is 11.3 Å². The Morgan fingerprint density at radius 3 is 2.91 bits per heavy atom. The second kappa shape index (κ2) is 6.13. The molecule has 0 radical (unpaired) electrons. The Balaban J connectivity index is 1.82. The highest BCUT2D eigenvalue weighted by Gasteiger charge is 2.23. The van der Waals surface area contributed by atoms with Crippen LogP contribution in [0.5, 0.6) is 5.88 Å². The SMILES string of the molecule is CC(C)N1CCn2c1cc(OCc1cccc(C#N)c1)nc2=O. The van der Waals surface area contributed by atoms with Crippen molar-refractivity contribution in [3.63, 3.8) is 0 Å². The minimum atomic E-state index is -0.286. The Labute approximate surface area is 134 Å². The van der Waals surface area contributed by atoms with Crippen LogP contribution < -0.4 is 15.3 Å². The molecule has 118 valence electrons. The molecular weight excluding hydrogens is 292 g/mol. The Kier molecular flexibility index (Phi) is 4.02. The van der Waals surface area contributed by atoms with Gasteiger partial charge in [-0.1, -0.05) is 12.1 Å². The highest BCUT2D eigenvalue weighted by Crippen LogP contribution is 2.24. The molecule has 6 nitrogen and oxygen atoms in total. The molecule has 3 rings (SSSR count). The van der Waals surface area contributed by atoms with Crippen LogP contribution in [0.15, 0.2) is 35.1 Å². The first-order valence-corrected chi connectivity index (χ1v) is 7.59. The van der Waals surface area contributed by atoms with Gasteiger partial charge < -0.3 is 9.64 Å². The number of aromatic nitrogens is 2. The lowest BCUT2D eigenvalue weighted by atomic mass is 10.1. The third kappa shape index (κ3) is 3.04. The van der Waals surface area contributed by atoms with Crippen LogP contribution in [0.4, 0.5) is 5.82 Å². The fraction of sp³-hybridized carbons (Fsp3) is 0.353. The first-order valence-electron chi connectivity index (χ1n) is 7.59. The molecule has 0 aliphatic carbocycles. The van der Waals surface area contributed by atoms with Crippen LogP contribution >= 0.6 is 0 Å². The van der Waals surface area contributed by atoms with E-state index < -0.39 is 0 Å². The van der Waals surface area contributed by atoms with E-state index in [1.165, 1.54) is 0 Å². The Morgan fingerprint density at radius 1 is 1.35 bits per heavy atom. The Morgan fingerprint density at radius 2 is 2.17 bits per heavy atom. The summed E-state index contributed by atoms with van der Waals surface area (Å²) < 4.78 is 7.34. The molecule has 0 saturated heterocycles. The predicted octanol–water partition coefficient (Wildman–Crippen LogP) is 1.92. The number of nitriles is 1. The van der Waals surface area contributed by atoms with Gasteiger partial charge in [-0.2, -0.15) is 10.2 Å². The van der Waals surface area contributed by atoms with Crippen molar-refractivity contribution < 1.29 is 4.74 Å². The molecule has 23 heavy (non-hydrogen) atoms. The maximum Gasteiger partial charge on any atom is 0.352 e. The minimum absolute atomic E-state index is 0.271. The van der Waals surface area contributed by atoms with Crippen molar-refractivity contribution in [1.29, 1.82) is 5.26 Å². The summed E-state index contributed by atoms with van der Waals surface area (Å²) in [5.74, 6) is 1.16. The average Bonchev–Trinajstić information content (AvgIpc) is 2.98. The number of ether oxygens (including phenoxy) is 1. The van der Waals surface area contributed by atoms with E-state index in [1.54, 1.807) is 16.7 Å². The minimum Gasteiger partial charge on any atom is -0.473 e. The number of hydrogen-bond donors (Lipinski definition) is 0. The van der Waals surface area contributed by atoms with Gasteiger partial charge in [-0.3, -0.25) is 4.57 Å². The van der Waals surface area contributed by atoms with Gasteiger partial charge in [0.05, 0.1) is 11.6 Å². The zero-order chi connectivity index (χ0) is 16.4. The van der Waals surface area contributed by atoms with Gasteiger partial charge in [-0.05, 0) is 31.5 Å². The van der Waals surface area contributed by atoms with E-state index in [1.807, 2.05) is 18.2 Å². The molecule has 0 bridgehead atoms. The second-order valence-electron chi connectivity index (χ2n) is 5.77. The van der Waals surface area contributed by atoms with Gasteiger partial charge in [0.2, 0.25) is 5.88 Å². The van der Waals surface area contributed by atoms with Gasteiger partial charge in [-0.15, -0.1) is 0 Å². The van der Waals surface area contributed by atoms with Crippen LogP contribution in [-0.4, -0.2) is 22.1 Å². The van der Waals surface area contributed by atoms with E-state index in [9.17, 15) is 4.79 Å². The molecule has 0 saturated carbocycles. The van der Waals surface area contributed by atoms with Crippen LogP contribution in [0.25, 0.3) is 0 Å². The van der Waals surface area contributed by atoms with Crippen molar-refractivity contribution in [2.24, 2.45) is 0 Å². The average molecular weight is 310 g/mol. The second-order valence-corrected chi connectivity index (χ2v) is 5.77. The number of benzene rings is 1. The summed E-state index contributed by atoms with van der Waals surface area (Å²) in [5.41, 5.74) is 1.16. The van der Waals surface area contributed by atoms with Crippen LogP contribution in [0.1, 0.15) is 25.0 Å². The summed E-state index contributed by atoms with van der Waals surface area (Å²) in [6.45, 7) is 5.92. The van der Waals surface area contributed by atoms with Crippen molar-refractivity contribution in [2.45, 2.75) is 33.0 Å². The summed E-state index contributed by atoms with van der Waals surface area (Å²) >= 11 is 0. The van der Waals surface area contributed by atoms with Gasteiger partial charge in [0, 0.05) is 25.2 Å². The highest BCUT2D eigenvalue weighted by molar-refractivity contribution is 5.46. The van der Waals surface area contributed by atoms with Crippen LogP contribution in [0.3, 0.4) is 0 Å². The maximum atomic E-state index is 12.1. The molecule has 2 aromatic rings. The van der Waals surface area contributed by atoms with Gasteiger partial charge in [0.15, 0.2) is 0 Å². The number of fused-ring (bicyclic) bond motifs is 1. The summed E-state index contributed by atoms with van der Waals surface area (Å²) in [5, 5.41) is 8.92. The van der Waals surface area contributed by atoms with Gasteiger partial charge in [-0.25, -0.2) is 4.79 Å². The third-order valence-electron chi connectivity index (χ3n) is 3.89. The largest absolute Gasteiger partial charge is 0.473 e. The highest BCUT2D eigenvalue weighted by atomic mass is 16.5. The van der Waals surface area contributed by atoms with E-state index in [-0.39, 0.29) is 12.3 Å². The lowest BCUT2D eigenvalue weighted by molar-refractivity contribution is 0.291. The van der Waals surface area contributed by atoms with E-state index in [0.29, 0.717) is 24.0 Å². The molecule has 1 aliphatic heterocycles. The summed E-state index contributed by atoms with van der Waals surface area (Å²) in [6.07, 6.45) is 0. The predicted molar refractivity (Wildman–Crippen MR) is 86.5 cm³/mol. The van der Waals surface area contributed by atoms with Crippen molar-refractivity contribution in [2.75, 3.05) is 11.4 Å². The molecule has 1 aliphatic rings. The summed E-state index contributed by atoms with van der Waals surface area (Å²) in [6, 6.07) is 11.4. The van der Waals surface area contributed by atoms with Crippen LogP contribution in [-0.2, 0) is 13.2 Å². The maximum absolute atomic E-state index is 12.1. The molecule has 0 fully saturated rings. The quantitative estimate of drug-likeness (QED) is 0.863. The molecule has 0 amide bonds. The van der Waals surface area contributed by atoms with E-state index in [2.05, 4.69) is 29.8 Å². The van der Waals surface area contributed by atoms with E-state index in [4.69, 9.17) is 10.00 Å². The van der Waals surface area contributed by atoms with Gasteiger partial charge in [0.25, 0.3) is 0 Å². The molecule has 0 unspecified atom stereocenters. The number of rotatable bonds is 4. The topological polar surface area (TPSA) is 71.2 Å². The van der Waals surface area contributed by atoms with Crippen LogP contribution in [0.2, 0.25) is 0 Å². The Bertz CT molecular complexity index is 820. The summed E-state index contributed by atoms with van der Waals surface area (Å²) in [7, 11) is 0. The molecule has 1 aromatic carbocycles. The smallest absolute Gasteiger partial charge is 0.352 e. The molecule has 1 aromatic heterocycles. The molecule has 6 heteroatoms. The number of nitrogens with zero attached hydrogens (tertiary/aromatic N) is 4. The standard InChI is InChI=1S/C17H18N4O2/c1-12(2)20-6-7-21-16(20)9-15(19-17(21)22)23-11-14-5-3-4-13(8-14)10-18/h3-5,8-9,12H,6-7,11H2,1-2H3. The lowest BCUT2D eigenvalue weighted by Gasteiger charge is -2.22. The first kappa shape index (κ1) is 15.1. The normalized spacial score (nSPS) is 13.0. The fourth-order valence-corrected chi connectivity index (χ4v) is 2.73. The van der Waals surface area contributed by atoms with Crippen molar-refractivity contribution in [1.82, 2.24) is 9.55 Å². The lowest BCUT2D eigenvalue weighted by Crippen LogP contribution is -2.29. The monoisotopic (exact) mass is 310 g/mol. The molecular formula is C17H18N4O2. The van der Waals surface area contributed by atoms with Gasteiger partial charge >= 0.3 is 5.69 Å². The zero-order valence-corrected chi connectivity index (χ0v) is 13.2. The first-order chi connectivity index (χ1) is 11.1. The number of anilines is 1. The molecule has 0 atom stereocenters. The zero-order valence-electron chi connectivity index (χ0n) is 13.2. The van der Waals surface area contributed by atoms with E-state index >= 15 is 0 Å². The fourth-order valence-electron chi connectivity index (χ4n) is 2.73. The third-order valence-corrected chi connectivity index (χ3v) is 3.89. The molecule has 0 N–H and O–H groups in total.